The van der Waals surface area contributed by atoms with Gasteiger partial charge in [0.05, 0.1) is 17.4 Å². The van der Waals surface area contributed by atoms with Crippen LogP contribution in [0.4, 0.5) is 5.69 Å². The average Bonchev–Trinajstić information content (AvgIpc) is 2.64. The van der Waals surface area contributed by atoms with Crippen molar-refractivity contribution in [2.24, 2.45) is 0 Å². The van der Waals surface area contributed by atoms with E-state index < -0.39 is 0 Å². The predicted octanol–water partition coefficient (Wildman–Crippen LogP) is 4.37. The van der Waals surface area contributed by atoms with Gasteiger partial charge in [-0.1, -0.05) is 43.7 Å². The zero-order chi connectivity index (χ0) is 18.2. The van der Waals surface area contributed by atoms with Crippen molar-refractivity contribution in [1.29, 1.82) is 0 Å². The normalized spacial score (nSPS) is 10.8. The van der Waals surface area contributed by atoms with Gasteiger partial charge in [0, 0.05) is 32.4 Å². The van der Waals surface area contributed by atoms with Crippen LogP contribution in [-0.4, -0.2) is 35.4 Å². The van der Waals surface area contributed by atoms with Gasteiger partial charge in [0.1, 0.15) is 0 Å². The van der Waals surface area contributed by atoms with Crippen molar-refractivity contribution in [3.05, 3.63) is 59.9 Å². The molecule has 0 atom stereocenters. The molecular formula is C21H29N3O. The summed E-state index contributed by atoms with van der Waals surface area (Å²) in [6, 6.07) is 12.2. The van der Waals surface area contributed by atoms with Gasteiger partial charge in [-0.15, -0.1) is 0 Å². The van der Waals surface area contributed by atoms with E-state index in [-0.39, 0.29) is 11.9 Å². The summed E-state index contributed by atoms with van der Waals surface area (Å²) in [5.41, 5.74) is 2.77. The van der Waals surface area contributed by atoms with E-state index in [9.17, 15) is 4.79 Å². The summed E-state index contributed by atoms with van der Waals surface area (Å²) in [6.45, 7) is 7.84. The highest BCUT2D eigenvalue weighted by molar-refractivity contribution is 5.95. The highest BCUT2D eigenvalue weighted by Crippen LogP contribution is 2.18. The van der Waals surface area contributed by atoms with Crippen LogP contribution in [0.25, 0.3) is 0 Å². The molecule has 2 rings (SSSR count). The van der Waals surface area contributed by atoms with Gasteiger partial charge in [0.15, 0.2) is 0 Å². The minimum absolute atomic E-state index is 0.0251. The van der Waals surface area contributed by atoms with E-state index in [1.54, 1.807) is 6.20 Å². The largest absolute Gasteiger partial charge is 0.373 e. The highest BCUT2D eigenvalue weighted by Gasteiger charge is 2.20. The van der Waals surface area contributed by atoms with Gasteiger partial charge in [-0.2, -0.15) is 0 Å². The number of nitrogens with zero attached hydrogens (tertiary/aromatic N) is 3. The number of anilines is 1. The van der Waals surface area contributed by atoms with Gasteiger partial charge in [0.25, 0.3) is 5.91 Å². The first-order valence-corrected chi connectivity index (χ1v) is 9.04. The molecule has 1 aromatic carbocycles. The number of unbranched alkanes of at least 4 members (excludes halogenated alkanes) is 1. The summed E-state index contributed by atoms with van der Waals surface area (Å²) >= 11 is 0. The molecule has 0 bridgehead atoms. The molecule has 0 radical (unpaired) electrons. The first-order valence-electron chi connectivity index (χ1n) is 9.04. The maximum absolute atomic E-state index is 13.0. The second-order valence-electron chi connectivity index (χ2n) is 6.72. The fourth-order valence-electron chi connectivity index (χ4n) is 2.71. The zero-order valence-electron chi connectivity index (χ0n) is 15.8. The van der Waals surface area contributed by atoms with Crippen LogP contribution in [0.1, 0.15) is 49.5 Å². The average molecular weight is 339 g/mol. The van der Waals surface area contributed by atoms with Crippen molar-refractivity contribution in [1.82, 2.24) is 9.88 Å². The van der Waals surface area contributed by atoms with Crippen molar-refractivity contribution >= 4 is 11.6 Å². The van der Waals surface area contributed by atoms with Crippen molar-refractivity contribution in [2.45, 2.75) is 46.2 Å². The molecule has 4 nitrogen and oxygen atoms in total. The van der Waals surface area contributed by atoms with Gasteiger partial charge in [-0.25, -0.2) is 0 Å². The predicted molar refractivity (Wildman–Crippen MR) is 104 cm³/mol. The van der Waals surface area contributed by atoms with Crippen LogP contribution in [-0.2, 0) is 6.54 Å². The number of aromatic nitrogens is 1. The van der Waals surface area contributed by atoms with Crippen molar-refractivity contribution < 1.29 is 4.79 Å². The fraction of sp³-hybridized carbons (Fsp3) is 0.429. The van der Waals surface area contributed by atoms with Crippen LogP contribution in [0, 0.1) is 0 Å². The molecule has 0 aliphatic rings. The van der Waals surface area contributed by atoms with Gasteiger partial charge < -0.3 is 9.80 Å². The molecule has 2 aromatic rings. The Balaban J connectivity index is 2.18. The Morgan fingerprint density at radius 1 is 1.16 bits per heavy atom. The summed E-state index contributed by atoms with van der Waals surface area (Å²) in [4.78, 5) is 21.4. The van der Waals surface area contributed by atoms with Crippen LogP contribution in [0.5, 0.6) is 0 Å². The van der Waals surface area contributed by atoms with Gasteiger partial charge in [-0.05, 0) is 31.9 Å². The number of hydrogen-bond acceptors (Lipinski definition) is 3. The molecule has 25 heavy (non-hydrogen) atoms. The minimum atomic E-state index is 0.0251. The first kappa shape index (κ1) is 19.0. The lowest BCUT2D eigenvalue weighted by Crippen LogP contribution is -2.36. The lowest BCUT2D eigenvalue weighted by atomic mass is 10.1. The molecule has 0 saturated carbocycles. The molecule has 0 unspecified atom stereocenters. The molecule has 0 spiro atoms. The molecule has 1 heterocycles. The maximum atomic E-state index is 13.0. The summed E-state index contributed by atoms with van der Waals surface area (Å²) in [5, 5.41) is 0. The molecule has 0 aliphatic heterocycles. The lowest BCUT2D eigenvalue weighted by Gasteiger charge is -2.27. The smallest absolute Gasteiger partial charge is 0.256 e. The van der Waals surface area contributed by atoms with Crippen molar-refractivity contribution in [3.63, 3.8) is 0 Å². The molecule has 0 aliphatic carbocycles. The third-order valence-electron chi connectivity index (χ3n) is 4.34. The summed E-state index contributed by atoms with van der Waals surface area (Å²) in [5.74, 6) is 0.0251. The Labute approximate surface area is 151 Å². The molecule has 4 heteroatoms. The molecule has 0 N–H and O–H groups in total. The molecule has 1 amide bonds. The van der Waals surface area contributed by atoms with Gasteiger partial charge in [0.2, 0.25) is 0 Å². The second-order valence-corrected chi connectivity index (χ2v) is 6.72. The van der Waals surface area contributed by atoms with E-state index in [4.69, 9.17) is 0 Å². The fourth-order valence-corrected chi connectivity index (χ4v) is 2.71. The monoisotopic (exact) mass is 339 g/mol. The molecule has 0 fully saturated rings. The summed E-state index contributed by atoms with van der Waals surface area (Å²) in [7, 11) is 2.05. The van der Waals surface area contributed by atoms with Crippen LogP contribution in [0.15, 0.2) is 48.8 Å². The number of hydrogen-bond donors (Lipinski definition) is 0. The van der Waals surface area contributed by atoms with E-state index in [1.165, 1.54) is 0 Å². The SMILES string of the molecule is CCCCN(C)c1cncc(C(=O)N(Cc2ccccc2)C(C)C)c1. The minimum Gasteiger partial charge on any atom is -0.373 e. The number of carbonyl (C=O) groups excluding carboxylic acids is 1. The number of carbonyl (C=O) groups is 1. The van der Waals surface area contributed by atoms with Crippen LogP contribution < -0.4 is 4.90 Å². The Hall–Kier alpha value is -2.36. The van der Waals surface area contributed by atoms with Crippen molar-refractivity contribution in [2.75, 3.05) is 18.5 Å². The Morgan fingerprint density at radius 2 is 1.88 bits per heavy atom. The lowest BCUT2D eigenvalue weighted by molar-refractivity contribution is 0.0690. The molecule has 0 saturated heterocycles. The third-order valence-corrected chi connectivity index (χ3v) is 4.34. The van der Waals surface area contributed by atoms with Crippen molar-refractivity contribution in [3.8, 4) is 0 Å². The summed E-state index contributed by atoms with van der Waals surface area (Å²) in [6.07, 6.45) is 5.76. The quantitative estimate of drug-likeness (QED) is 0.716. The third kappa shape index (κ3) is 5.31. The van der Waals surface area contributed by atoms with E-state index in [0.29, 0.717) is 12.1 Å². The van der Waals surface area contributed by atoms with Crippen LogP contribution in [0.2, 0.25) is 0 Å². The van der Waals surface area contributed by atoms with E-state index in [0.717, 1.165) is 30.6 Å². The molecule has 134 valence electrons. The van der Waals surface area contributed by atoms with Crippen LogP contribution >= 0.6 is 0 Å². The number of amides is 1. The Morgan fingerprint density at radius 3 is 2.52 bits per heavy atom. The standard InChI is InChI=1S/C21H29N3O/c1-5-6-12-23(4)20-13-19(14-22-15-20)21(25)24(17(2)3)16-18-10-8-7-9-11-18/h7-11,13-15,17H,5-6,12,16H2,1-4H3. The maximum Gasteiger partial charge on any atom is 0.256 e. The molecule has 1 aromatic heterocycles. The second kappa shape index (κ2) is 9.21. The highest BCUT2D eigenvalue weighted by atomic mass is 16.2. The van der Waals surface area contributed by atoms with E-state index in [2.05, 4.69) is 28.9 Å². The Kier molecular flexibility index (Phi) is 6.99. The van der Waals surface area contributed by atoms with E-state index >= 15 is 0 Å². The van der Waals surface area contributed by atoms with E-state index in [1.807, 2.05) is 56.3 Å². The number of rotatable bonds is 8. The number of pyridine rings is 1. The first-order chi connectivity index (χ1) is 12.0. The zero-order valence-corrected chi connectivity index (χ0v) is 15.8. The topological polar surface area (TPSA) is 36.4 Å². The van der Waals surface area contributed by atoms with Gasteiger partial charge >= 0.3 is 0 Å². The summed E-state index contributed by atoms with van der Waals surface area (Å²) < 4.78 is 0. The number of benzene rings is 1. The Bertz CT molecular complexity index is 670. The van der Waals surface area contributed by atoms with Gasteiger partial charge in [-0.3, -0.25) is 9.78 Å². The molecular weight excluding hydrogens is 310 g/mol. The van der Waals surface area contributed by atoms with Crippen LogP contribution in [0.3, 0.4) is 0 Å².